The summed E-state index contributed by atoms with van der Waals surface area (Å²) in [6, 6.07) is 0. The van der Waals surface area contributed by atoms with E-state index < -0.39 is 5.97 Å². The second-order valence-corrected chi connectivity index (χ2v) is 3.55. The van der Waals surface area contributed by atoms with Crippen molar-refractivity contribution in [2.75, 3.05) is 5.73 Å². The van der Waals surface area contributed by atoms with Gasteiger partial charge in [0.05, 0.1) is 11.9 Å². The highest BCUT2D eigenvalue weighted by atomic mass is 16.5. The lowest BCUT2D eigenvalue weighted by Gasteiger charge is -2.15. The van der Waals surface area contributed by atoms with Crippen LogP contribution >= 0.6 is 0 Å². The van der Waals surface area contributed by atoms with Gasteiger partial charge in [-0.3, -0.25) is 5.10 Å². The minimum atomic E-state index is -0.457. The first kappa shape index (κ1) is 10.6. The van der Waals surface area contributed by atoms with Gasteiger partial charge in [-0.2, -0.15) is 5.10 Å². The zero-order chi connectivity index (χ0) is 10.7. The number of hydrogen-bond donors (Lipinski definition) is 2. The van der Waals surface area contributed by atoms with Crippen LogP contribution in [0.25, 0.3) is 0 Å². The van der Waals surface area contributed by atoms with Gasteiger partial charge in [0.25, 0.3) is 0 Å². The SMILES string of the molecule is CC(C)C(C)OC(=O)c1[nH]ncc1N. The molecule has 1 unspecified atom stereocenters. The number of H-pyrrole nitrogens is 1. The Bertz CT molecular complexity index is 320. The first-order valence-corrected chi connectivity index (χ1v) is 4.52. The molecule has 1 heterocycles. The van der Waals surface area contributed by atoms with Gasteiger partial charge >= 0.3 is 5.97 Å². The number of nitrogens with zero attached hydrogens (tertiary/aromatic N) is 1. The van der Waals surface area contributed by atoms with E-state index in [2.05, 4.69) is 10.2 Å². The van der Waals surface area contributed by atoms with Gasteiger partial charge in [-0.15, -0.1) is 0 Å². The Morgan fingerprint density at radius 1 is 1.57 bits per heavy atom. The van der Waals surface area contributed by atoms with Crippen LogP contribution < -0.4 is 5.73 Å². The summed E-state index contributed by atoms with van der Waals surface area (Å²) in [4.78, 5) is 11.5. The third-order valence-electron chi connectivity index (χ3n) is 2.10. The van der Waals surface area contributed by atoms with E-state index in [9.17, 15) is 4.79 Å². The van der Waals surface area contributed by atoms with E-state index >= 15 is 0 Å². The fourth-order valence-corrected chi connectivity index (χ4v) is 0.823. The monoisotopic (exact) mass is 197 g/mol. The van der Waals surface area contributed by atoms with Crippen molar-refractivity contribution >= 4 is 11.7 Å². The van der Waals surface area contributed by atoms with E-state index in [1.54, 1.807) is 0 Å². The number of aromatic nitrogens is 2. The largest absolute Gasteiger partial charge is 0.458 e. The molecule has 0 aliphatic rings. The zero-order valence-electron chi connectivity index (χ0n) is 8.57. The number of ether oxygens (including phenoxy) is 1. The van der Waals surface area contributed by atoms with Crippen molar-refractivity contribution in [1.82, 2.24) is 10.2 Å². The van der Waals surface area contributed by atoms with E-state index in [1.807, 2.05) is 20.8 Å². The molecule has 0 aromatic carbocycles. The third-order valence-corrected chi connectivity index (χ3v) is 2.10. The van der Waals surface area contributed by atoms with Crippen molar-refractivity contribution in [2.45, 2.75) is 26.9 Å². The molecule has 5 heteroatoms. The Morgan fingerprint density at radius 2 is 2.21 bits per heavy atom. The van der Waals surface area contributed by atoms with E-state index in [-0.39, 0.29) is 17.7 Å². The molecular formula is C9H15N3O2. The van der Waals surface area contributed by atoms with Gasteiger partial charge in [0.2, 0.25) is 0 Å². The molecule has 0 amide bonds. The second-order valence-electron chi connectivity index (χ2n) is 3.55. The number of nitrogen functional groups attached to an aromatic ring is 1. The third kappa shape index (κ3) is 2.25. The molecule has 0 saturated heterocycles. The summed E-state index contributed by atoms with van der Waals surface area (Å²) in [6.07, 6.45) is 1.25. The zero-order valence-corrected chi connectivity index (χ0v) is 8.57. The average molecular weight is 197 g/mol. The van der Waals surface area contributed by atoms with Crippen molar-refractivity contribution in [3.8, 4) is 0 Å². The standard InChI is InChI=1S/C9H15N3O2/c1-5(2)6(3)14-9(13)8-7(10)4-11-12-8/h4-6H,10H2,1-3H3,(H,11,12). The molecule has 78 valence electrons. The number of nitrogens with one attached hydrogen (secondary N) is 1. The van der Waals surface area contributed by atoms with Crippen molar-refractivity contribution in [1.29, 1.82) is 0 Å². The Morgan fingerprint density at radius 3 is 2.64 bits per heavy atom. The summed E-state index contributed by atoms with van der Waals surface area (Å²) in [5, 5.41) is 6.14. The fourth-order valence-electron chi connectivity index (χ4n) is 0.823. The number of aromatic amines is 1. The number of rotatable bonds is 3. The quantitative estimate of drug-likeness (QED) is 0.713. The maximum absolute atomic E-state index is 11.5. The molecule has 0 aliphatic heterocycles. The lowest BCUT2D eigenvalue weighted by molar-refractivity contribution is 0.0232. The molecule has 0 fully saturated rings. The predicted molar refractivity (Wildman–Crippen MR) is 52.7 cm³/mol. The van der Waals surface area contributed by atoms with Gasteiger partial charge in [-0.25, -0.2) is 4.79 Å². The Kier molecular flexibility index (Phi) is 3.11. The summed E-state index contributed by atoms with van der Waals surface area (Å²) >= 11 is 0. The van der Waals surface area contributed by atoms with Crippen LogP contribution in [-0.4, -0.2) is 22.3 Å². The van der Waals surface area contributed by atoms with Crippen LogP contribution in [0.1, 0.15) is 31.3 Å². The van der Waals surface area contributed by atoms with Crippen molar-refractivity contribution < 1.29 is 9.53 Å². The minimum Gasteiger partial charge on any atom is -0.458 e. The first-order valence-electron chi connectivity index (χ1n) is 4.52. The van der Waals surface area contributed by atoms with Gasteiger partial charge in [-0.05, 0) is 12.8 Å². The maximum Gasteiger partial charge on any atom is 0.358 e. The summed E-state index contributed by atoms with van der Waals surface area (Å²) in [6.45, 7) is 5.80. The Balaban J connectivity index is 2.64. The number of nitrogens with two attached hydrogens (primary N) is 1. The molecule has 1 atom stereocenters. The molecule has 1 aromatic rings. The van der Waals surface area contributed by atoms with Crippen LogP contribution in [0, 0.1) is 5.92 Å². The molecule has 3 N–H and O–H groups in total. The van der Waals surface area contributed by atoms with E-state index in [0.29, 0.717) is 5.69 Å². The van der Waals surface area contributed by atoms with Crippen LogP contribution in [0.4, 0.5) is 5.69 Å². The second kappa shape index (κ2) is 4.13. The summed E-state index contributed by atoms with van der Waals surface area (Å²) in [5.41, 5.74) is 6.03. The molecule has 14 heavy (non-hydrogen) atoms. The summed E-state index contributed by atoms with van der Waals surface area (Å²) < 4.78 is 5.15. The fraction of sp³-hybridized carbons (Fsp3) is 0.556. The molecule has 5 nitrogen and oxygen atoms in total. The van der Waals surface area contributed by atoms with E-state index in [1.165, 1.54) is 6.20 Å². The van der Waals surface area contributed by atoms with Gasteiger partial charge in [0, 0.05) is 0 Å². The van der Waals surface area contributed by atoms with Gasteiger partial charge in [-0.1, -0.05) is 13.8 Å². The van der Waals surface area contributed by atoms with Crippen molar-refractivity contribution in [3.63, 3.8) is 0 Å². The molecular weight excluding hydrogens is 182 g/mol. The lowest BCUT2D eigenvalue weighted by atomic mass is 10.1. The van der Waals surface area contributed by atoms with Crippen molar-refractivity contribution in [3.05, 3.63) is 11.9 Å². The average Bonchev–Trinajstić information content (AvgIpc) is 2.51. The van der Waals surface area contributed by atoms with Gasteiger partial charge < -0.3 is 10.5 Å². The number of carbonyl (C=O) groups is 1. The molecule has 0 saturated carbocycles. The summed E-state index contributed by atoms with van der Waals surface area (Å²) in [7, 11) is 0. The minimum absolute atomic E-state index is 0.134. The highest BCUT2D eigenvalue weighted by Gasteiger charge is 2.18. The molecule has 1 aromatic heterocycles. The Hall–Kier alpha value is -1.52. The van der Waals surface area contributed by atoms with Gasteiger partial charge in [0.15, 0.2) is 5.69 Å². The lowest BCUT2D eigenvalue weighted by Crippen LogP contribution is -2.21. The van der Waals surface area contributed by atoms with Crippen molar-refractivity contribution in [2.24, 2.45) is 5.92 Å². The number of hydrogen-bond acceptors (Lipinski definition) is 4. The van der Waals surface area contributed by atoms with Crippen LogP contribution in [0.2, 0.25) is 0 Å². The first-order chi connectivity index (χ1) is 6.52. The van der Waals surface area contributed by atoms with Gasteiger partial charge in [0.1, 0.15) is 6.10 Å². The normalized spacial score (nSPS) is 12.9. The highest BCUT2D eigenvalue weighted by molar-refractivity contribution is 5.92. The Labute approximate surface area is 82.6 Å². The molecule has 1 rings (SSSR count). The maximum atomic E-state index is 11.5. The number of esters is 1. The van der Waals surface area contributed by atoms with Crippen LogP contribution in [-0.2, 0) is 4.74 Å². The molecule has 0 radical (unpaired) electrons. The van der Waals surface area contributed by atoms with Crippen LogP contribution in [0.5, 0.6) is 0 Å². The summed E-state index contributed by atoms with van der Waals surface area (Å²) in [5.74, 6) is -0.177. The smallest absolute Gasteiger partial charge is 0.358 e. The molecule has 0 aliphatic carbocycles. The molecule has 0 bridgehead atoms. The number of anilines is 1. The van der Waals surface area contributed by atoms with E-state index in [4.69, 9.17) is 10.5 Å². The van der Waals surface area contributed by atoms with E-state index in [0.717, 1.165) is 0 Å². The highest BCUT2D eigenvalue weighted by Crippen LogP contribution is 2.12. The predicted octanol–water partition coefficient (Wildman–Crippen LogP) is 1.19. The topological polar surface area (TPSA) is 81.0 Å². The molecule has 0 spiro atoms. The number of carbonyl (C=O) groups excluding carboxylic acids is 1. The van der Waals surface area contributed by atoms with Crippen LogP contribution in [0.3, 0.4) is 0 Å². The van der Waals surface area contributed by atoms with Crippen LogP contribution in [0.15, 0.2) is 6.20 Å².